The number of nitrogens with one attached hydrogen (secondary N) is 1. The molecule has 1 fully saturated rings. The molecule has 1 aromatic carbocycles. The van der Waals surface area contributed by atoms with Crippen LogP contribution in [0.2, 0.25) is 0 Å². The summed E-state index contributed by atoms with van der Waals surface area (Å²) in [5.41, 5.74) is -0.903. The van der Waals surface area contributed by atoms with E-state index in [1.807, 2.05) is 6.92 Å². The van der Waals surface area contributed by atoms with Gasteiger partial charge in [-0.15, -0.1) is 0 Å². The Hall–Kier alpha value is -1.14. The van der Waals surface area contributed by atoms with E-state index in [0.717, 1.165) is 19.0 Å². The standard InChI is InChI=1S/C15H19F4NO/c1-2-6-20-9-10-5-7-21-14(10)12-4-3-11(16)8-13(12)15(17,18)19/h3-4,8,10,14,20H,2,5-7,9H2,1H3. The quantitative estimate of drug-likeness (QED) is 0.657. The van der Waals surface area contributed by atoms with Crippen molar-refractivity contribution in [2.45, 2.75) is 32.0 Å². The fraction of sp³-hybridized carbons (Fsp3) is 0.600. The van der Waals surface area contributed by atoms with Gasteiger partial charge in [-0.3, -0.25) is 0 Å². The van der Waals surface area contributed by atoms with Gasteiger partial charge in [-0.1, -0.05) is 13.0 Å². The summed E-state index contributed by atoms with van der Waals surface area (Å²) in [6.07, 6.45) is -3.55. The van der Waals surface area contributed by atoms with Gasteiger partial charge in [-0.05, 0) is 37.1 Å². The molecule has 2 atom stereocenters. The zero-order valence-corrected chi connectivity index (χ0v) is 11.8. The number of hydrogen-bond donors (Lipinski definition) is 1. The Morgan fingerprint density at radius 2 is 2.10 bits per heavy atom. The smallest absolute Gasteiger partial charge is 0.373 e. The van der Waals surface area contributed by atoms with Gasteiger partial charge in [0.25, 0.3) is 0 Å². The van der Waals surface area contributed by atoms with Crippen LogP contribution in [-0.2, 0) is 10.9 Å². The largest absolute Gasteiger partial charge is 0.416 e. The molecule has 6 heteroatoms. The monoisotopic (exact) mass is 305 g/mol. The van der Waals surface area contributed by atoms with Gasteiger partial charge in [-0.25, -0.2) is 4.39 Å². The van der Waals surface area contributed by atoms with E-state index in [9.17, 15) is 17.6 Å². The first-order valence-corrected chi connectivity index (χ1v) is 7.12. The van der Waals surface area contributed by atoms with Crippen molar-refractivity contribution in [3.8, 4) is 0 Å². The van der Waals surface area contributed by atoms with E-state index in [0.29, 0.717) is 25.6 Å². The van der Waals surface area contributed by atoms with Crippen molar-refractivity contribution in [2.24, 2.45) is 5.92 Å². The second-order valence-electron chi connectivity index (χ2n) is 5.27. The van der Waals surface area contributed by atoms with Crippen LogP contribution >= 0.6 is 0 Å². The molecule has 0 amide bonds. The summed E-state index contributed by atoms with van der Waals surface area (Å²) in [5, 5.41) is 3.21. The Morgan fingerprint density at radius 3 is 2.76 bits per heavy atom. The zero-order valence-electron chi connectivity index (χ0n) is 11.8. The summed E-state index contributed by atoms with van der Waals surface area (Å²) in [4.78, 5) is 0. The topological polar surface area (TPSA) is 21.3 Å². The first kappa shape index (κ1) is 16.2. The number of halogens is 4. The van der Waals surface area contributed by atoms with E-state index in [-0.39, 0.29) is 11.5 Å². The highest BCUT2D eigenvalue weighted by Gasteiger charge is 2.39. The molecule has 0 saturated carbocycles. The van der Waals surface area contributed by atoms with Crippen LogP contribution in [0.4, 0.5) is 17.6 Å². The molecule has 1 aliphatic heterocycles. The number of rotatable bonds is 5. The first-order valence-electron chi connectivity index (χ1n) is 7.12. The molecule has 1 aromatic rings. The van der Waals surface area contributed by atoms with Crippen LogP contribution in [0, 0.1) is 11.7 Å². The lowest BCUT2D eigenvalue weighted by Crippen LogP contribution is -2.26. The van der Waals surface area contributed by atoms with E-state index in [1.54, 1.807) is 0 Å². The summed E-state index contributed by atoms with van der Waals surface area (Å²) in [6.45, 7) is 3.88. The van der Waals surface area contributed by atoms with Gasteiger partial charge >= 0.3 is 6.18 Å². The summed E-state index contributed by atoms with van der Waals surface area (Å²) < 4.78 is 57.9. The van der Waals surface area contributed by atoms with Gasteiger partial charge < -0.3 is 10.1 Å². The maximum absolute atomic E-state index is 13.2. The van der Waals surface area contributed by atoms with Gasteiger partial charge in [0.2, 0.25) is 0 Å². The Labute approximate surface area is 121 Å². The van der Waals surface area contributed by atoms with Crippen LogP contribution in [0.1, 0.15) is 37.0 Å². The molecule has 2 rings (SSSR count). The van der Waals surface area contributed by atoms with Crippen LogP contribution in [0.25, 0.3) is 0 Å². The first-order chi connectivity index (χ1) is 9.93. The molecule has 2 nitrogen and oxygen atoms in total. The number of hydrogen-bond acceptors (Lipinski definition) is 2. The van der Waals surface area contributed by atoms with Crippen molar-refractivity contribution >= 4 is 0 Å². The Balaban J connectivity index is 2.23. The number of benzene rings is 1. The average Bonchev–Trinajstić information content (AvgIpc) is 2.86. The molecule has 1 aliphatic rings. The Kier molecular flexibility index (Phi) is 5.22. The van der Waals surface area contributed by atoms with Crippen LogP contribution in [0.5, 0.6) is 0 Å². The van der Waals surface area contributed by atoms with Gasteiger partial charge in [0.1, 0.15) is 5.82 Å². The van der Waals surface area contributed by atoms with Gasteiger partial charge in [0, 0.05) is 19.1 Å². The molecule has 0 spiro atoms. The predicted molar refractivity (Wildman–Crippen MR) is 71.4 cm³/mol. The minimum Gasteiger partial charge on any atom is -0.373 e. The summed E-state index contributed by atoms with van der Waals surface area (Å²) in [6, 6.07) is 2.80. The predicted octanol–water partition coefficient (Wildman–Crippen LogP) is 3.92. The highest BCUT2D eigenvalue weighted by Crippen LogP contribution is 2.41. The molecule has 0 radical (unpaired) electrons. The second-order valence-corrected chi connectivity index (χ2v) is 5.27. The Morgan fingerprint density at radius 1 is 1.33 bits per heavy atom. The summed E-state index contributed by atoms with van der Waals surface area (Å²) in [5.74, 6) is -0.909. The molecule has 0 aliphatic carbocycles. The fourth-order valence-electron chi connectivity index (χ4n) is 2.67. The minimum absolute atomic E-state index is 0.0249. The van der Waals surface area contributed by atoms with Crippen molar-refractivity contribution in [2.75, 3.05) is 19.7 Å². The van der Waals surface area contributed by atoms with E-state index < -0.39 is 23.7 Å². The van der Waals surface area contributed by atoms with E-state index >= 15 is 0 Å². The van der Waals surface area contributed by atoms with Crippen LogP contribution in [-0.4, -0.2) is 19.7 Å². The minimum atomic E-state index is -4.58. The molecular weight excluding hydrogens is 286 g/mol. The average molecular weight is 305 g/mol. The third kappa shape index (κ3) is 3.95. The molecule has 1 saturated heterocycles. The van der Waals surface area contributed by atoms with Gasteiger partial charge in [0.15, 0.2) is 0 Å². The van der Waals surface area contributed by atoms with Crippen LogP contribution in [0.15, 0.2) is 18.2 Å². The van der Waals surface area contributed by atoms with Crippen molar-refractivity contribution in [3.05, 3.63) is 35.1 Å². The van der Waals surface area contributed by atoms with Crippen molar-refractivity contribution in [1.82, 2.24) is 5.32 Å². The lowest BCUT2D eigenvalue weighted by Gasteiger charge is -2.23. The van der Waals surface area contributed by atoms with E-state index in [2.05, 4.69) is 5.32 Å². The molecule has 0 aromatic heterocycles. The summed E-state index contributed by atoms with van der Waals surface area (Å²) >= 11 is 0. The molecule has 21 heavy (non-hydrogen) atoms. The highest BCUT2D eigenvalue weighted by atomic mass is 19.4. The van der Waals surface area contributed by atoms with Crippen molar-refractivity contribution < 1.29 is 22.3 Å². The molecule has 1 N–H and O–H groups in total. The lowest BCUT2D eigenvalue weighted by molar-refractivity contribution is -0.139. The Bertz CT molecular complexity index is 475. The molecule has 1 heterocycles. The molecular formula is C15H19F4NO. The third-order valence-electron chi connectivity index (χ3n) is 3.67. The zero-order chi connectivity index (χ0) is 15.5. The number of ether oxygens (including phenoxy) is 1. The normalized spacial score (nSPS) is 22.7. The lowest BCUT2D eigenvalue weighted by atomic mass is 9.91. The molecule has 2 unspecified atom stereocenters. The van der Waals surface area contributed by atoms with Gasteiger partial charge in [-0.2, -0.15) is 13.2 Å². The van der Waals surface area contributed by atoms with Crippen LogP contribution in [0.3, 0.4) is 0 Å². The summed E-state index contributed by atoms with van der Waals surface area (Å²) in [7, 11) is 0. The van der Waals surface area contributed by atoms with Crippen molar-refractivity contribution in [1.29, 1.82) is 0 Å². The maximum atomic E-state index is 13.2. The maximum Gasteiger partial charge on any atom is 0.416 e. The molecule has 0 bridgehead atoms. The van der Waals surface area contributed by atoms with Gasteiger partial charge in [0.05, 0.1) is 11.7 Å². The second kappa shape index (κ2) is 6.75. The molecule has 118 valence electrons. The van der Waals surface area contributed by atoms with E-state index in [4.69, 9.17) is 4.74 Å². The third-order valence-corrected chi connectivity index (χ3v) is 3.67. The fourth-order valence-corrected chi connectivity index (χ4v) is 2.67. The number of alkyl halides is 3. The van der Waals surface area contributed by atoms with Crippen LogP contribution < -0.4 is 5.32 Å². The highest BCUT2D eigenvalue weighted by molar-refractivity contribution is 5.33. The SMILES string of the molecule is CCCNCC1CCOC1c1ccc(F)cc1C(F)(F)F. The van der Waals surface area contributed by atoms with E-state index in [1.165, 1.54) is 6.07 Å². The van der Waals surface area contributed by atoms with Crippen molar-refractivity contribution in [3.63, 3.8) is 0 Å².